The predicted octanol–water partition coefficient (Wildman–Crippen LogP) is 4.34. The lowest BCUT2D eigenvalue weighted by Gasteiger charge is -2.20. The Labute approximate surface area is 107 Å². The fourth-order valence-electron chi connectivity index (χ4n) is 2.82. The summed E-state index contributed by atoms with van der Waals surface area (Å²) < 4.78 is 2.17. The van der Waals surface area contributed by atoms with E-state index >= 15 is 0 Å². The molecule has 0 spiro atoms. The van der Waals surface area contributed by atoms with E-state index in [1.54, 1.807) is 0 Å². The summed E-state index contributed by atoms with van der Waals surface area (Å²) in [5.74, 6) is 1.75. The highest BCUT2D eigenvalue weighted by atomic mass is 35.5. The highest BCUT2D eigenvalue weighted by molar-refractivity contribution is 6.32. The Hall–Kier alpha value is -1.02. The summed E-state index contributed by atoms with van der Waals surface area (Å²) in [7, 11) is 0. The number of hydrogen-bond acceptors (Lipinski definition) is 1. The maximum absolute atomic E-state index is 6.24. The molecule has 0 saturated heterocycles. The van der Waals surface area contributed by atoms with Crippen LogP contribution in [0, 0.1) is 6.92 Å². The first-order valence-electron chi connectivity index (χ1n) is 6.40. The zero-order valence-corrected chi connectivity index (χ0v) is 10.9. The van der Waals surface area contributed by atoms with Crippen LogP contribution in [0.4, 0.5) is 0 Å². The van der Waals surface area contributed by atoms with Gasteiger partial charge >= 0.3 is 0 Å². The minimum absolute atomic E-state index is 0.589. The van der Waals surface area contributed by atoms with Crippen molar-refractivity contribution < 1.29 is 0 Å². The van der Waals surface area contributed by atoms with Gasteiger partial charge in [0.1, 0.15) is 5.82 Å². The van der Waals surface area contributed by atoms with Crippen LogP contribution in [0.1, 0.15) is 49.4 Å². The number of hydrogen-bond donors (Lipinski definition) is 0. The quantitative estimate of drug-likeness (QED) is 0.734. The van der Waals surface area contributed by atoms with Crippen molar-refractivity contribution in [3.63, 3.8) is 0 Å². The zero-order valence-electron chi connectivity index (χ0n) is 10.1. The Morgan fingerprint density at radius 3 is 2.82 bits per heavy atom. The largest absolute Gasteiger partial charge is 0.302 e. The van der Waals surface area contributed by atoms with Crippen LogP contribution in [-0.4, -0.2) is 9.38 Å². The maximum Gasteiger partial charge on any atom is 0.155 e. The summed E-state index contributed by atoms with van der Waals surface area (Å²) in [6.45, 7) is 2.09. The predicted molar refractivity (Wildman–Crippen MR) is 70.8 cm³/mol. The van der Waals surface area contributed by atoms with Crippen LogP contribution >= 0.6 is 11.6 Å². The number of rotatable bonds is 1. The normalized spacial score (nSPS) is 17.8. The number of fused-ring (bicyclic) bond motifs is 1. The van der Waals surface area contributed by atoms with E-state index in [1.807, 2.05) is 0 Å². The average Bonchev–Trinajstić information content (AvgIpc) is 2.68. The molecule has 90 valence electrons. The number of nitrogens with zero attached hydrogens (tertiary/aromatic N) is 2. The molecule has 0 aliphatic heterocycles. The van der Waals surface area contributed by atoms with E-state index in [-0.39, 0.29) is 0 Å². The van der Waals surface area contributed by atoms with E-state index in [0.717, 1.165) is 11.3 Å². The standard InChI is InChI=1S/C14H17ClN2/c1-10-7-8-17-12(9-10)13(15)16-14(17)11-5-3-2-4-6-11/h7-9,11H,2-6H2,1H3. The van der Waals surface area contributed by atoms with Gasteiger partial charge in [-0.1, -0.05) is 30.9 Å². The van der Waals surface area contributed by atoms with E-state index in [2.05, 4.69) is 34.6 Å². The van der Waals surface area contributed by atoms with Crippen molar-refractivity contribution in [2.45, 2.75) is 44.9 Å². The van der Waals surface area contributed by atoms with E-state index in [0.29, 0.717) is 11.1 Å². The van der Waals surface area contributed by atoms with Crippen molar-refractivity contribution in [1.82, 2.24) is 9.38 Å². The molecule has 0 amide bonds. The SMILES string of the molecule is Cc1ccn2c(C3CCCCC3)nc(Cl)c2c1. The molecule has 0 radical (unpaired) electrons. The molecule has 3 heteroatoms. The highest BCUT2D eigenvalue weighted by Gasteiger charge is 2.21. The van der Waals surface area contributed by atoms with Crippen LogP contribution in [0.5, 0.6) is 0 Å². The van der Waals surface area contributed by atoms with Crippen LogP contribution in [0.25, 0.3) is 5.52 Å². The van der Waals surface area contributed by atoms with Gasteiger partial charge in [0.05, 0.1) is 5.52 Å². The van der Waals surface area contributed by atoms with Gasteiger partial charge in [0.2, 0.25) is 0 Å². The van der Waals surface area contributed by atoms with Gasteiger partial charge in [0.25, 0.3) is 0 Å². The van der Waals surface area contributed by atoms with Crippen LogP contribution in [0.3, 0.4) is 0 Å². The third kappa shape index (κ3) is 1.95. The van der Waals surface area contributed by atoms with E-state index < -0.39 is 0 Å². The van der Waals surface area contributed by atoms with Gasteiger partial charge in [-0.2, -0.15) is 0 Å². The van der Waals surface area contributed by atoms with Crippen LogP contribution < -0.4 is 0 Å². The molecule has 1 aliphatic carbocycles. The maximum atomic E-state index is 6.24. The molecular formula is C14H17ClN2. The zero-order chi connectivity index (χ0) is 11.8. The van der Waals surface area contributed by atoms with E-state index in [9.17, 15) is 0 Å². The molecule has 2 aromatic rings. The number of imidazole rings is 1. The third-order valence-electron chi connectivity index (χ3n) is 3.75. The monoisotopic (exact) mass is 248 g/mol. The summed E-state index contributed by atoms with van der Waals surface area (Å²) in [5.41, 5.74) is 2.28. The molecule has 0 aromatic carbocycles. The molecule has 2 aromatic heterocycles. The summed E-state index contributed by atoms with van der Waals surface area (Å²) in [6.07, 6.45) is 8.62. The lowest BCUT2D eigenvalue weighted by atomic mass is 9.89. The Bertz CT molecular complexity index is 538. The van der Waals surface area contributed by atoms with Crippen LogP contribution in [0.2, 0.25) is 5.15 Å². The van der Waals surface area contributed by atoms with Crippen molar-refractivity contribution in [3.05, 3.63) is 34.9 Å². The lowest BCUT2D eigenvalue weighted by molar-refractivity contribution is 0.428. The van der Waals surface area contributed by atoms with Crippen molar-refractivity contribution in [3.8, 4) is 0 Å². The number of pyridine rings is 1. The smallest absolute Gasteiger partial charge is 0.155 e. The van der Waals surface area contributed by atoms with E-state index in [4.69, 9.17) is 11.6 Å². The number of halogens is 1. The Morgan fingerprint density at radius 1 is 1.29 bits per heavy atom. The number of aryl methyl sites for hydroxylation is 1. The fraction of sp³-hybridized carbons (Fsp3) is 0.500. The van der Waals surface area contributed by atoms with Gasteiger partial charge in [-0.3, -0.25) is 0 Å². The van der Waals surface area contributed by atoms with Gasteiger partial charge in [-0.05, 0) is 37.5 Å². The van der Waals surface area contributed by atoms with Crippen molar-refractivity contribution >= 4 is 17.1 Å². The second kappa shape index (κ2) is 4.34. The fourth-order valence-corrected chi connectivity index (χ4v) is 3.06. The molecule has 0 bridgehead atoms. The Kier molecular flexibility index (Phi) is 2.83. The van der Waals surface area contributed by atoms with Crippen molar-refractivity contribution in [1.29, 1.82) is 0 Å². The van der Waals surface area contributed by atoms with Gasteiger partial charge in [0, 0.05) is 12.1 Å². The molecule has 1 saturated carbocycles. The Balaban J connectivity index is 2.10. The van der Waals surface area contributed by atoms with Gasteiger partial charge in [-0.15, -0.1) is 0 Å². The first kappa shape index (κ1) is 11.1. The summed E-state index contributed by atoms with van der Waals surface area (Å²) >= 11 is 6.24. The highest BCUT2D eigenvalue weighted by Crippen LogP contribution is 2.34. The number of aromatic nitrogens is 2. The van der Waals surface area contributed by atoms with Crippen molar-refractivity contribution in [2.24, 2.45) is 0 Å². The van der Waals surface area contributed by atoms with Crippen LogP contribution in [0.15, 0.2) is 18.3 Å². The molecule has 1 fully saturated rings. The van der Waals surface area contributed by atoms with Crippen molar-refractivity contribution in [2.75, 3.05) is 0 Å². The first-order valence-corrected chi connectivity index (χ1v) is 6.77. The second-order valence-electron chi connectivity index (χ2n) is 5.06. The minimum atomic E-state index is 0.589. The molecule has 2 heterocycles. The molecule has 0 N–H and O–H groups in total. The second-order valence-corrected chi connectivity index (χ2v) is 5.41. The summed E-state index contributed by atoms with van der Waals surface area (Å²) in [5, 5.41) is 0.647. The Morgan fingerprint density at radius 2 is 2.06 bits per heavy atom. The molecule has 0 atom stereocenters. The minimum Gasteiger partial charge on any atom is -0.302 e. The lowest BCUT2D eigenvalue weighted by Crippen LogP contribution is -2.08. The summed E-state index contributed by atoms with van der Waals surface area (Å²) in [6, 6.07) is 4.24. The molecule has 17 heavy (non-hydrogen) atoms. The van der Waals surface area contributed by atoms with Gasteiger partial charge < -0.3 is 4.40 Å². The molecule has 1 aliphatic rings. The van der Waals surface area contributed by atoms with E-state index in [1.165, 1.54) is 37.7 Å². The van der Waals surface area contributed by atoms with Crippen LogP contribution in [-0.2, 0) is 0 Å². The van der Waals surface area contributed by atoms with Gasteiger partial charge in [-0.25, -0.2) is 4.98 Å². The third-order valence-corrected chi connectivity index (χ3v) is 4.03. The molecule has 2 nitrogen and oxygen atoms in total. The topological polar surface area (TPSA) is 17.3 Å². The molecule has 0 unspecified atom stereocenters. The van der Waals surface area contributed by atoms with Gasteiger partial charge in [0.15, 0.2) is 5.15 Å². The first-order chi connectivity index (χ1) is 8.25. The average molecular weight is 249 g/mol. The molecule has 3 rings (SSSR count). The summed E-state index contributed by atoms with van der Waals surface area (Å²) in [4.78, 5) is 4.58. The molecular weight excluding hydrogens is 232 g/mol.